The van der Waals surface area contributed by atoms with E-state index in [1.54, 1.807) is 11.3 Å². The van der Waals surface area contributed by atoms with Crippen LogP contribution in [0.1, 0.15) is 21.3 Å². The molecule has 5 heteroatoms. The summed E-state index contributed by atoms with van der Waals surface area (Å²) in [5, 5.41) is 1.09. The van der Waals surface area contributed by atoms with Crippen LogP contribution in [0.25, 0.3) is 22.6 Å². The van der Waals surface area contributed by atoms with Gasteiger partial charge in [0.2, 0.25) is 0 Å². The number of benzene rings is 1. The van der Waals surface area contributed by atoms with Gasteiger partial charge in [0.15, 0.2) is 0 Å². The van der Waals surface area contributed by atoms with Crippen LogP contribution in [0.4, 0.5) is 0 Å². The molecule has 0 aliphatic carbocycles. The lowest BCUT2D eigenvalue weighted by Crippen LogP contribution is -2.02. The summed E-state index contributed by atoms with van der Waals surface area (Å²) in [7, 11) is 0. The summed E-state index contributed by atoms with van der Waals surface area (Å²) in [6, 6.07) is 16.4. The van der Waals surface area contributed by atoms with Crippen molar-refractivity contribution in [3.63, 3.8) is 0 Å². The topological polar surface area (TPSA) is 43.6 Å². The molecule has 0 aliphatic heterocycles. The number of imidazole rings is 1. The average Bonchev–Trinajstić information content (AvgIpc) is 3.19. The molecule has 1 aromatic carbocycles. The van der Waals surface area contributed by atoms with E-state index >= 15 is 0 Å². The molecule has 0 amide bonds. The maximum Gasteiger partial charge on any atom is 0.0979 e. The molecule has 0 N–H and O–H groups in total. The lowest BCUT2D eigenvalue weighted by molar-refractivity contribution is 0.806. The van der Waals surface area contributed by atoms with Gasteiger partial charge in [-0.15, -0.1) is 11.3 Å². The van der Waals surface area contributed by atoms with Gasteiger partial charge in [-0.1, -0.05) is 36.4 Å². The van der Waals surface area contributed by atoms with E-state index in [1.807, 2.05) is 50.5 Å². The highest BCUT2D eigenvalue weighted by Crippen LogP contribution is 2.31. The molecule has 3 aromatic heterocycles. The van der Waals surface area contributed by atoms with E-state index in [2.05, 4.69) is 34.7 Å². The number of aromatic nitrogens is 4. The second-order valence-corrected chi connectivity index (χ2v) is 7.63. The molecule has 0 saturated heterocycles. The van der Waals surface area contributed by atoms with Gasteiger partial charge >= 0.3 is 0 Å². The molecule has 0 bridgehead atoms. The average molecular weight is 360 g/mol. The molecular formula is C21H20N4S. The van der Waals surface area contributed by atoms with Gasteiger partial charge in [0.1, 0.15) is 0 Å². The molecule has 4 nitrogen and oxygen atoms in total. The largest absolute Gasteiger partial charge is 0.323 e. The van der Waals surface area contributed by atoms with Gasteiger partial charge in [-0.05, 0) is 32.9 Å². The fourth-order valence-electron chi connectivity index (χ4n) is 3.13. The van der Waals surface area contributed by atoms with Crippen LogP contribution in [0.15, 0.2) is 54.9 Å². The van der Waals surface area contributed by atoms with E-state index in [9.17, 15) is 0 Å². The van der Waals surface area contributed by atoms with Crippen LogP contribution in [0, 0.1) is 20.8 Å². The summed E-state index contributed by atoms with van der Waals surface area (Å²) < 4.78 is 2.18. The molecule has 0 radical (unpaired) electrons. The van der Waals surface area contributed by atoms with Gasteiger partial charge in [0.05, 0.1) is 40.7 Å². The highest BCUT2D eigenvalue weighted by molar-refractivity contribution is 7.11. The van der Waals surface area contributed by atoms with Crippen molar-refractivity contribution in [3.05, 3.63) is 76.1 Å². The fourth-order valence-corrected chi connectivity index (χ4v) is 4.06. The van der Waals surface area contributed by atoms with Gasteiger partial charge in [-0.3, -0.25) is 4.98 Å². The number of pyridine rings is 1. The van der Waals surface area contributed by atoms with E-state index < -0.39 is 0 Å². The van der Waals surface area contributed by atoms with Gasteiger partial charge in [-0.25, -0.2) is 9.97 Å². The maximum absolute atomic E-state index is 4.76. The van der Waals surface area contributed by atoms with Crippen molar-refractivity contribution in [2.75, 3.05) is 0 Å². The zero-order chi connectivity index (χ0) is 18.1. The third kappa shape index (κ3) is 3.18. The Hall–Kier alpha value is -2.79. The summed E-state index contributed by atoms with van der Waals surface area (Å²) >= 11 is 1.74. The Kier molecular flexibility index (Phi) is 4.39. The van der Waals surface area contributed by atoms with Gasteiger partial charge < -0.3 is 4.57 Å². The van der Waals surface area contributed by atoms with E-state index in [0.717, 1.165) is 45.6 Å². The van der Waals surface area contributed by atoms with Crippen LogP contribution in [0.5, 0.6) is 0 Å². The van der Waals surface area contributed by atoms with Crippen molar-refractivity contribution in [1.29, 1.82) is 0 Å². The van der Waals surface area contributed by atoms with Gasteiger partial charge in [0, 0.05) is 16.1 Å². The molecule has 0 atom stereocenters. The van der Waals surface area contributed by atoms with Crippen LogP contribution < -0.4 is 0 Å². The van der Waals surface area contributed by atoms with Crippen LogP contribution in [-0.2, 0) is 6.54 Å². The minimum Gasteiger partial charge on any atom is -0.323 e. The third-order valence-electron chi connectivity index (χ3n) is 4.33. The molecule has 0 fully saturated rings. The zero-order valence-electron chi connectivity index (χ0n) is 15.1. The summed E-state index contributed by atoms with van der Waals surface area (Å²) in [5.41, 5.74) is 6.14. The molecule has 4 rings (SSSR count). The van der Waals surface area contributed by atoms with E-state index in [4.69, 9.17) is 9.97 Å². The molecule has 0 aliphatic rings. The molecule has 4 aromatic rings. The predicted molar refractivity (Wildman–Crippen MR) is 106 cm³/mol. The minimum atomic E-state index is 0.752. The zero-order valence-corrected chi connectivity index (χ0v) is 15.9. The Morgan fingerprint density at radius 2 is 1.73 bits per heavy atom. The second-order valence-electron chi connectivity index (χ2n) is 6.34. The smallest absolute Gasteiger partial charge is 0.0979 e. The van der Waals surface area contributed by atoms with Crippen molar-refractivity contribution < 1.29 is 0 Å². The van der Waals surface area contributed by atoms with Crippen molar-refractivity contribution in [1.82, 2.24) is 19.5 Å². The minimum absolute atomic E-state index is 0.752. The third-order valence-corrected chi connectivity index (χ3v) is 5.39. The van der Waals surface area contributed by atoms with Crippen molar-refractivity contribution in [2.45, 2.75) is 27.3 Å². The molecule has 3 heterocycles. The monoisotopic (exact) mass is 360 g/mol. The Labute approximate surface area is 157 Å². The van der Waals surface area contributed by atoms with Crippen LogP contribution in [0.3, 0.4) is 0 Å². The highest BCUT2D eigenvalue weighted by atomic mass is 32.1. The Balaban J connectivity index is 1.87. The molecule has 0 spiro atoms. The van der Waals surface area contributed by atoms with Crippen LogP contribution in [-0.4, -0.2) is 19.5 Å². The lowest BCUT2D eigenvalue weighted by Gasteiger charge is -2.10. The van der Waals surface area contributed by atoms with Crippen molar-refractivity contribution in [2.24, 2.45) is 0 Å². The summed E-state index contributed by atoms with van der Waals surface area (Å²) in [4.78, 5) is 15.3. The number of aryl methyl sites for hydroxylation is 3. The molecule has 130 valence electrons. The number of thiazole rings is 1. The summed E-state index contributed by atoms with van der Waals surface area (Å²) in [6.07, 6.45) is 1.91. The van der Waals surface area contributed by atoms with E-state index in [1.165, 1.54) is 4.88 Å². The number of nitrogens with zero attached hydrogens (tertiary/aromatic N) is 4. The van der Waals surface area contributed by atoms with E-state index in [-0.39, 0.29) is 0 Å². The number of hydrogen-bond donors (Lipinski definition) is 0. The fraction of sp³-hybridized carbons (Fsp3) is 0.190. The first-order chi connectivity index (χ1) is 12.6. The normalized spacial score (nSPS) is 11.0. The Bertz CT molecular complexity index is 1050. The van der Waals surface area contributed by atoms with Crippen molar-refractivity contribution in [3.8, 4) is 22.6 Å². The predicted octanol–water partition coefficient (Wildman–Crippen LogP) is 5.04. The van der Waals surface area contributed by atoms with Crippen LogP contribution in [0.2, 0.25) is 0 Å². The first-order valence-corrected chi connectivity index (χ1v) is 9.41. The van der Waals surface area contributed by atoms with E-state index in [0.29, 0.717) is 0 Å². The highest BCUT2D eigenvalue weighted by Gasteiger charge is 2.17. The molecular weight excluding hydrogens is 340 g/mol. The summed E-state index contributed by atoms with van der Waals surface area (Å²) in [5.74, 6) is 0. The number of rotatable bonds is 4. The lowest BCUT2D eigenvalue weighted by atomic mass is 10.1. The molecule has 0 unspecified atom stereocenters. The van der Waals surface area contributed by atoms with Crippen LogP contribution >= 0.6 is 11.3 Å². The first kappa shape index (κ1) is 16.7. The Morgan fingerprint density at radius 1 is 0.923 bits per heavy atom. The first-order valence-electron chi connectivity index (χ1n) is 8.59. The number of hydrogen-bond acceptors (Lipinski definition) is 4. The van der Waals surface area contributed by atoms with Crippen molar-refractivity contribution >= 4 is 11.3 Å². The molecule has 26 heavy (non-hydrogen) atoms. The second kappa shape index (κ2) is 6.84. The Morgan fingerprint density at radius 3 is 2.42 bits per heavy atom. The quantitative estimate of drug-likeness (QED) is 0.512. The summed E-state index contributed by atoms with van der Waals surface area (Å²) in [6.45, 7) is 6.89. The standard InChI is InChI=1S/C21H20N4S/c1-14-8-7-11-18(23-14)21-20(17-9-5-4-6-10-17)22-13-25(21)12-19-15(2)24-16(3)26-19/h4-11,13H,12H2,1-3H3. The van der Waals surface area contributed by atoms with Gasteiger partial charge in [-0.2, -0.15) is 0 Å². The maximum atomic E-state index is 4.76. The molecule has 0 saturated carbocycles. The van der Waals surface area contributed by atoms with Gasteiger partial charge in [0.25, 0.3) is 0 Å². The SMILES string of the molecule is Cc1cccc(-c2c(-c3ccccc3)ncn2Cc2sc(C)nc2C)n1.